The number of nitrogen functional groups attached to an aromatic ring is 1. The number of esters is 1. The maximum absolute atomic E-state index is 15.3. The molecule has 1 aliphatic carbocycles. The number of carbonyl (C=O) groups excluding carboxylic acids is 1. The van der Waals surface area contributed by atoms with Gasteiger partial charge >= 0.3 is 5.97 Å². The van der Waals surface area contributed by atoms with E-state index in [-0.39, 0.29) is 40.8 Å². The number of nitrogens with two attached hydrogens (primary N) is 1. The van der Waals surface area contributed by atoms with Gasteiger partial charge in [-0.25, -0.2) is 14.2 Å². The van der Waals surface area contributed by atoms with Crippen molar-refractivity contribution in [3.63, 3.8) is 0 Å². The van der Waals surface area contributed by atoms with E-state index in [4.69, 9.17) is 10.5 Å². The lowest BCUT2D eigenvalue weighted by Gasteiger charge is -2.18. The predicted octanol–water partition coefficient (Wildman–Crippen LogP) is 2.58. The summed E-state index contributed by atoms with van der Waals surface area (Å²) in [7, 11) is 1.79. The van der Waals surface area contributed by atoms with Crippen LogP contribution in [-0.4, -0.2) is 58.2 Å². The van der Waals surface area contributed by atoms with Crippen molar-refractivity contribution in [2.75, 3.05) is 12.3 Å². The molecule has 2 aromatic carbocycles. The van der Waals surface area contributed by atoms with Crippen molar-refractivity contribution in [2.24, 2.45) is 7.05 Å². The summed E-state index contributed by atoms with van der Waals surface area (Å²) in [6.07, 6.45) is 5.57. The largest absolute Gasteiger partial charge is 0.459 e. The predicted molar refractivity (Wildman–Crippen MR) is 161 cm³/mol. The number of carbonyl (C=O) groups is 1. The van der Waals surface area contributed by atoms with Crippen LogP contribution < -0.4 is 11.3 Å². The van der Waals surface area contributed by atoms with Crippen LogP contribution in [0.25, 0.3) is 27.8 Å². The van der Waals surface area contributed by atoms with Crippen LogP contribution in [0.15, 0.2) is 59.8 Å². The van der Waals surface area contributed by atoms with Crippen molar-refractivity contribution < 1.29 is 24.1 Å². The molecule has 4 N–H and O–H groups in total. The minimum atomic E-state index is -1.76. The number of benzene rings is 2. The normalized spacial score (nSPS) is 13.5. The zero-order chi connectivity index (χ0) is 30.2. The van der Waals surface area contributed by atoms with Gasteiger partial charge in [0, 0.05) is 37.0 Å². The molecular weight excluding hydrogens is 593 g/mol. The molecule has 12 nitrogen and oxygen atoms in total. The van der Waals surface area contributed by atoms with Crippen molar-refractivity contribution in [1.29, 1.82) is 0 Å². The molecule has 3 heterocycles. The Kier molecular flexibility index (Phi) is 8.72. The summed E-state index contributed by atoms with van der Waals surface area (Å²) in [6, 6.07) is 9.85. The lowest BCUT2D eigenvalue weighted by atomic mass is 10.0. The summed E-state index contributed by atoms with van der Waals surface area (Å²) < 4.78 is 23.5. The van der Waals surface area contributed by atoms with E-state index in [1.165, 1.54) is 16.8 Å². The Labute approximate surface area is 256 Å². The molecule has 1 saturated carbocycles. The fraction of sp³-hybridized carbons (Fsp3) is 0.267. The molecule has 14 heteroatoms. The van der Waals surface area contributed by atoms with Crippen LogP contribution in [0.2, 0.25) is 0 Å². The molecule has 0 spiro atoms. The Morgan fingerprint density at radius 3 is 2.70 bits per heavy atom. The Bertz CT molecular complexity index is 1920. The van der Waals surface area contributed by atoms with Gasteiger partial charge in [-0.1, -0.05) is 18.2 Å². The molecule has 0 unspecified atom stereocenters. The second kappa shape index (κ2) is 12.5. The standard InChI is InChI=1S/C30H28FN7O5.ClH/c1-37-13-16(12-33-37)9-25-34-27(36-30(32)35-25)20-3-2-4-23(21(20)15-43-29(42)24(40)14-39)38-8-7-18-10-19(17-5-6-17)11-22(31)26(18)28(38)41;/h2-4,7-8,10-13,17,24,39-40H,5-6,9,14-15H2,1H3,(H2,32,34,35,36);1H/t24-;/m0./s1. The van der Waals surface area contributed by atoms with Crippen molar-refractivity contribution in [3.8, 4) is 17.1 Å². The highest BCUT2D eigenvalue weighted by Gasteiger charge is 2.26. The molecule has 0 aliphatic heterocycles. The topological polar surface area (TPSA) is 171 Å². The fourth-order valence-corrected chi connectivity index (χ4v) is 5.05. The number of anilines is 1. The first-order valence-corrected chi connectivity index (χ1v) is 13.6. The molecule has 1 aliphatic rings. The minimum Gasteiger partial charge on any atom is -0.459 e. The molecule has 0 bridgehead atoms. The van der Waals surface area contributed by atoms with E-state index in [2.05, 4.69) is 20.1 Å². The third-order valence-corrected chi connectivity index (χ3v) is 7.30. The van der Waals surface area contributed by atoms with E-state index < -0.39 is 36.7 Å². The van der Waals surface area contributed by atoms with Crippen molar-refractivity contribution in [1.82, 2.24) is 29.3 Å². The molecule has 0 amide bonds. The number of aromatic nitrogens is 6. The number of nitrogens with zero attached hydrogens (tertiary/aromatic N) is 6. The van der Waals surface area contributed by atoms with Crippen LogP contribution >= 0.6 is 12.4 Å². The van der Waals surface area contributed by atoms with Gasteiger partial charge in [-0.15, -0.1) is 12.4 Å². The Morgan fingerprint density at radius 2 is 2.00 bits per heavy atom. The number of rotatable bonds is 9. The third kappa shape index (κ3) is 6.16. The zero-order valence-corrected chi connectivity index (χ0v) is 24.4. The molecule has 6 rings (SSSR count). The fourth-order valence-electron chi connectivity index (χ4n) is 5.05. The van der Waals surface area contributed by atoms with Crippen molar-refractivity contribution in [2.45, 2.75) is 37.9 Å². The smallest absolute Gasteiger partial charge is 0.337 e. The lowest BCUT2D eigenvalue weighted by molar-refractivity contribution is -0.156. The van der Waals surface area contributed by atoms with Crippen LogP contribution in [-0.2, 0) is 29.6 Å². The van der Waals surface area contributed by atoms with Crippen LogP contribution in [0.1, 0.15) is 41.3 Å². The Morgan fingerprint density at radius 1 is 1.20 bits per heavy atom. The van der Waals surface area contributed by atoms with Crippen molar-refractivity contribution in [3.05, 3.63) is 93.7 Å². The molecule has 1 atom stereocenters. The maximum Gasteiger partial charge on any atom is 0.337 e. The van der Waals surface area contributed by atoms with Gasteiger partial charge in [0.05, 0.1) is 23.9 Å². The number of aliphatic hydroxyl groups is 2. The first kappa shape index (κ1) is 30.7. The number of halogens is 2. The molecule has 1 fully saturated rings. The molecule has 44 heavy (non-hydrogen) atoms. The number of ether oxygens (including phenoxy) is 1. The lowest BCUT2D eigenvalue weighted by Crippen LogP contribution is -2.27. The van der Waals surface area contributed by atoms with Gasteiger partial charge in [0.2, 0.25) is 5.95 Å². The van der Waals surface area contributed by atoms with Gasteiger partial charge in [0.15, 0.2) is 11.9 Å². The molecule has 0 radical (unpaired) electrons. The number of aryl methyl sites for hydroxylation is 1. The number of pyridine rings is 1. The molecule has 3 aromatic heterocycles. The SMILES string of the molecule is Cl.Cn1cc(Cc2nc(N)nc(-c3cccc(-n4ccc5cc(C6CC6)cc(F)c5c4=O)c3COC(=O)[C@@H](O)CO)n2)cn1. The number of fused-ring (bicyclic) bond motifs is 1. The summed E-state index contributed by atoms with van der Waals surface area (Å²) in [5.41, 5.74) is 8.08. The Balaban J connectivity index is 0.00000384. The summed E-state index contributed by atoms with van der Waals surface area (Å²) >= 11 is 0. The summed E-state index contributed by atoms with van der Waals surface area (Å²) in [6.45, 7) is -1.26. The Hall–Kier alpha value is -4.72. The van der Waals surface area contributed by atoms with Crippen LogP contribution in [0.3, 0.4) is 0 Å². The first-order valence-electron chi connectivity index (χ1n) is 13.6. The minimum absolute atomic E-state index is 0. The van der Waals surface area contributed by atoms with Crippen LogP contribution in [0, 0.1) is 5.82 Å². The summed E-state index contributed by atoms with van der Waals surface area (Å²) in [4.78, 5) is 39.2. The molecule has 0 saturated heterocycles. The summed E-state index contributed by atoms with van der Waals surface area (Å²) in [5.74, 6) is -0.916. The monoisotopic (exact) mass is 621 g/mol. The van der Waals surface area contributed by atoms with Crippen LogP contribution in [0.5, 0.6) is 0 Å². The van der Waals surface area contributed by atoms with Gasteiger partial charge in [0.1, 0.15) is 18.2 Å². The second-order valence-electron chi connectivity index (χ2n) is 10.5. The van der Waals surface area contributed by atoms with E-state index in [0.29, 0.717) is 29.1 Å². The van der Waals surface area contributed by atoms with Gasteiger partial charge in [-0.3, -0.25) is 14.0 Å². The number of hydrogen-bond donors (Lipinski definition) is 3. The van der Waals surface area contributed by atoms with Gasteiger partial charge in [0.25, 0.3) is 5.56 Å². The third-order valence-electron chi connectivity index (χ3n) is 7.30. The average Bonchev–Trinajstić information content (AvgIpc) is 3.76. The highest BCUT2D eigenvalue weighted by molar-refractivity contribution is 5.85. The van der Waals surface area contributed by atoms with E-state index in [9.17, 15) is 19.8 Å². The number of aliphatic hydroxyl groups excluding tert-OH is 2. The molecule has 5 aromatic rings. The van der Waals surface area contributed by atoms with E-state index in [1.807, 2.05) is 12.3 Å². The molecule has 228 valence electrons. The zero-order valence-electron chi connectivity index (χ0n) is 23.6. The summed E-state index contributed by atoms with van der Waals surface area (Å²) in [5, 5.41) is 23.5. The number of hydrogen-bond acceptors (Lipinski definition) is 10. The van der Waals surface area contributed by atoms with E-state index in [1.54, 1.807) is 42.2 Å². The van der Waals surface area contributed by atoms with Crippen LogP contribution in [0.4, 0.5) is 10.3 Å². The van der Waals surface area contributed by atoms with Crippen molar-refractivity contribution >= 4 is 35.1 Å². The first-order chi connectivity index (χ1) is 20.7. The van der Waals surface area contributed by atoms with E-state index in [0.717, 1.165) is 24.0 Å². The highest BCUT2D eigenvalue weighted by Crippen LogP contribution is 2.41. The second-order valence-corrected chi connectivity index (χ2v) is 10.5. The van der Waals surface area contributed by atoms with E-state index >= 15 is 4.39 Å². The highest BCUT2D eigenvalue weighted by atomic mass is 35.5. The maximum atomic E-state index is 15.3. The van der Waals surface area contributed by atoms with Gasteiger partial charge in [-0.05, 0) is 53.5 Å². The van der Waals surface area contributed by atoms with Gasteiger partial charge < -0.3 is 20.7 Å². The molecular formula is C30H29ClFN7O5. The average molecular weight is 622 g/mol. The van der Waals surface area contributed by atoms with Gasteiger partial charge in [-0.2, -0.15) is 15.1 Å². The quantitative estimate of drug-likeness (QED) is 0.208.